The lowest BCUT2D eigenvalue weighted by Crippen LogP contribution is -2.28. The predicted octanol–water partition coefficient (Wildman–Crippen LogP) is 3.26. The van der Waals surface area contributed by atoms with Crippen LogP contribution in [0.5, 0.6) is 0 Å². The molecule has 0 bridgehead atoms. The monoisotopic (exact) mass is 465 g/mol. The van der Waals surface area contributed by atoms with E-state index in [1.54, 1.807) is 6.92 Å². The molecule has 0 aliphatic heterocycles. The normalized spacial score (nSPS) is 12.2. The number of carbonyl (C=O) groups is 2. The lowest BCUT2D eigenvalue weighted by Gasteiger charge is -2.19. The lowest BCUT2D eigenvalue weighted by atomic mass is 10.1. The number of sulfone groups is 1. The van der Waals surface area contributed by atoms with E-state index >= 15 is 0 Å². The van der Waals surface area contributed by atoms with E-state index in [-0.39, 0.29) is 4.90 Å². The number of hydrogen-bond donors (Lipinski definition) is 2. The Kier molecular flexibility index (Phi) is 11.3. The molecule has 0 amide bonds. The molecule has 2 rings (SSSR count). The van der Waals surface area contributed by atoms with Gasteiger partial charge in [0.2, 0.25) is 0 Å². The number of aliphatic carboxylic acids is 2. The topological polar surface area (TPSA) is 112 Å². The molecule has 0 heterocycles. The molecule has 2 aromatic rings. The summed E-state index contributed by atoms with van der Waals surface area (Å²) in [5, 5.41) is 15.1. The van der Waals surface area contributed by atoms with Crippen molar-refractivity contribution in [3.8, 4) is 0 Å². The second-order valence-electron chi connectivity index (χ2n) is 7.15. The fraction of sp³-hybridized carbons (Fsp3) is 0.304. The minimum Gasteiger partial charge on any atom is -0.478 e. The van der Waals surface area contributed by atoms with Crippen molar-refractivity contribution in [1.29, 1.82) is 0 Å². The summed E-state index contributed by atoms with van der Waals surface area (Å²) in [6.45, 7) is 3.30. The van der Waals surface area contributed by atoms with Crippen molar-refractivity contribution in [1.82, 2.24) is 4.90 Å². The minimum atomic E-state index is -3.41. The van der Waals surface area contributed by atoms with Gasteiger partial charge in [-0.3, -0.25) is 0 Å². The first kappa shape index (κ1) is 27.0. The van der Waals surface area contributed by atoms with Crippen LogP contribution in [0.4, 0.5) is 4.39 Å². The van der Waals surface area contributed by atoms with E-state index in [0.717, 1.165) is 13.0 Å². The van der Waals surface area contributed by atoms with Gasteiger partial charge in [0, 0.05) is 18.7 Å². The first-order valence-corrected chi connectivity index (χ1v) is 11.4. The molecule has 174 valence electrons. The van der Waals surface area contributed by atoms with Crippen molar-refractivity contribution in [2.75, 3.05) is 20.1 Å². The zero-order valence-corrected chi connectivity index (χ0v) is 18.8. The zero-order valence-electron chi connectivity index (χ0n) is 18.0. The summed E-state index contributed by atoms with van der Waals surface area (Å²) in [7, 11) is -1.41. The van der Waals surface area contributed by atoms with Gasteiger partial charge < -0.3 is 15.1 Å². The van der Waals surface area contributed by atoms with Crippen molar-refractivity contribution >= 4 is 21.8 Å². The van der Waals surface area contributed by atoms with Crippen LogP contribution in [0.1, 0.15) is 18.9 Å². The molecule has 1 unspecified atom stereocenters. The highest BCUT2D eigenvalue weighted by molar-refractivity contribution is 7.92. The average molecular weight is 466 g/mol. The Hall–Kier alpha value is -3.04. The molecule has 0 aromatic heterocycles. The Bertz CT molecular complexity index is 975. The molecule has 32 heavy (non-hydrogen) atoms. The average Bonchev–Trinajstić information content (AvgIpc) is 2.76. The maximum atomic E-state index is 13.0. The van der Waals surface area contributed by atoms with Crippen LogP contribution in [0.2, 0.25) is 0 Å². The van der Waals surface area contributed by atoms with Crippen LogP contribution >= 0.6 is 0 Å². The fourth-order valence-electron chi connectivity index (χ4n) is 2.63. The van der Waals surface area contributed by atoms with Crippen molar-refractivity contribution in [3.63, 3.8) is 0 Å². The van der Waals surface area contributed by atoms with Gasteiger partial charge in [0.25, 0.3) is 0 Å². The highest BCUT2D eigenvalue weighted by atomic mass is 32.2. The Morgan fingerprint density at radius 1 is 0.969 bits per heavy atom. The van der Waals surface area contributed by atoms with Gasteiger partial charge in [0.1, 0.15) is 5.82 Å². The molecule has 0 saturated heterocycles. The molecule has 0 fully saturated rings. The summed E-state index contributed by atoms with van der Waals surface area (Å²) in [5.74, 6) is -2.94. The number of carboxylic acids is 2. The van der Waals surface area contributed by atoms with E-state index in [2.05, 4.69) is 17.0 Å². The largest absolute Gasteiger partial charge is 0.478 e. The van der Waals surface area contributed by atoms with E-state index in [0.29, 0.717) is 25.1 Å². The molecule has 0 aliphatic carbocycles. The third-order valence-corrected chi connectivity index (χ3v) is 6.81. The summed E-state index contributed by atoms with van der Waals surface area (Å²) in [4.78, 5) is 21.4. The molecular weight excluding hydrogens is 437 g/mol. The van der Waals surface area contributed by atoms with E-state index in [9.17, 15) is 22.4 Å². The molecule has 0 aliphatic rings. The Morgan fingerprint density at radius 3 is 2.00 bits per heavy atom. The summed E-state index contributed by atoms with van der Waals surface area (Å²) >= 11 is 0. The number of rotatable bonds is 10. The van der Waals surface area contributed by atoms with E-state index < -0.39 is 32.8 Å². The van der Waals surface area contributed by atoms with Crippen molar-refractivity contribution in [3.05, 3.63) is 78.1 Å². The van der Waals surface area contributed by atoms with Gasteiger partial charge in [0.05, 0.1) is 10.1 Å². The van der Waals surface area contributed by atoms with Crippen molar-refractivity contribution in [2.45, 2.75) is 29.9 Å². The maximum absolute atomic E-state index is 13.0. The van der Waals surface area contributed by atoms with Gasteiger partial charge in [-0.1, -0.05) is 30.3 Å². The molecule has 0 spiro atoms. The van der Waals surface area contributed by atoms with E-state index in [4.69, 9.17) is 10.2 Å². The number of halogens is 1. The zero-order chi connectivity index (χ0) is 24.1. The van der Waals surface area contributed by atoms with Crippen LogP contribution in [0.25, 0.3) is 0 Å². The molecule has 0 radical (unpaired) electrons. The SMILES string of the molecule is CC(CCN(C)CCc1ccccc1)S(=O)(=O)c1ccc(F)cc1.O=C(O)/C=C\C(=O)O. The Balaban J connectivity index is 0.000000547. The molecule has 0 saturated carbocycles. The number of carboxylic acid groups (broad SMARTS) is 2. The number of benzene rings is 2. The van der Waals surface area contributed by atoms with Gasteiger partial charge in [-0.2, -0.15) is 0 Å². The minimum absolute atomic E-state index is 0.184. The summed E-state index contributed by atoms with van der Waals surface area (Å²) in [5.41, 5.74) is 1.27. The lowest BCUT2D eigenvalue weighted by molar-refractivity contribution is -0.134. The predicted molar refractivity (Wildman–Crippen MR) is 120 cm³/mol. The van der Waals surface area contributed by atoms with Crippen LogP contribution in [0.3, 0.4) is 0 Å². The molecule has 2 aromatic carbocycles. The molecule has 2 N–H and O–H groups in total. The summed E-state index contributed by atoms with van der Waals surface area (Å²) < 4.78 is 37.9. The smallest absolute Gasteiger partial charge is 0.328 e. The summed E-state index contributed by atoms with van der Waals surface area (Å²) in [6.07, 6.45) is 2.60. The van der Waals surface area contributed by atoms with Gasteiger partial charge in [-0.25, -0.2) is 22.4 Å². The van der Waals surface area contributed by atoms with Gasteiger partial charge in [-0.05, 0) is 63.2 Å². The van der Waals surface area contributed by atoms with Gasteiger partial charge >= 0.3 is 11.9 Å². The first-order valence-electron chi connectivity index (χ1n) is 9.88. The van der Waals surface area contributed by atoms with Crippen LogP contribution < -0.4 is 0 Å². The van der Waals surface area contributed by atoms with E-state index in [1.807, 2.05) is 25.2 Å². The molecular formula is C23H28FNO6S. The number of nitrogens with zero attached hydrogens (tertiary/aromatic N) is 1. The molecule has 7 nitrogen and oxygen atoms in total. The number of hydrogen-bond acceptors (Lipinski definition) is 5. The van der Waals surface area contributed by atoms with Crippen LogP contribution in [0, 0.1) is 5.82 Å². The second-order valence-corrected chi connectivity index (χ2v) is 9.51. The molecule has 1 atom stereocenters. The maximum Gasteiger partial charge on any atom is 0.328 e. The van der Waals surface area contributed by atoms with Crippen LogP contribution in [-0.2, 0) is 25.8 Å². The third-order valence-electron chi connectivity index (χ3n) is 4.58. The van der Waals surface area contributed by atoms with Gasteiger partial charge in [-0.15, -0.1) is 0 Å². The van der Waals surface area contributed by atoms with Crippen LogP contribution in [-0.4, -0.2) is 60.9 Å². The highest BCUT2D eigenvalue weighted by Gasteiger charge is 2.23. The van der Waals surface area contributed by atoms with E-state index in [1.165, 1.54) is 29.8 Å². The first-order chi connectivity index (χ1) is 15.0. The van der Waals surface area contributed by atoms with Crippen molar-refractivity contribution < 1.29 is 32.6 Å². The quantitative estimate of drug-likeness (QED) is 0.409. The molecule has 9 heteroatoms. The van der Waals surface area contributed by atoms with Crippen LogP contribution in [0.15, 0.2) is 71.6 Å². The van der Waals surface area contributed by atoms with Gasteiger partial charge in [0.15, 0.2) is 9.84 Å². The highest BCUT2D eigenvalue weighted by Crippen LogP contribution is 2.18. The Labute approximate surface area is 187 Å². The third kappa shape index (κ3) is 10.3. The number of likely N-dealkylation sites (N-methyl/N-ethyl adjacent to an activating group) is 1. The fourth-order valence-corrected chi connectivity index (χ4v) is 4.03. The van der Waals surface area contributed by atoms with Crippen molar-refractivity contribution in [2.24, 2.45) is 0 Å². The standard InChI is InChI=1S/C19H24FNO2S.C4H4O4/c1-16(24(22,23)19-10-8-18(20)9-11-19)12-14-21(2)15-13-17-6-4-3-5-7-17;5-3(6)1-2-4(7)8/h3-11,16H,12-15H2,1-2H3;1-2H,(H,5,6)(H,7,8)/b;2-1-. The Morgan fingerprint density at radius 2 is 1.50 bits per heavy atom. The summed E-state index contributed by atoms with van der Waals surface area (Å²) in [6, 6.07) is 15.3. The second kappa shape index (κ2) is 13.4.